The average molecular weight is 376 g/mol. The van der Waals surface area contributed by atoms with Crippen LogP contribution in [0.1, 0.15) is 16.7 Å². The first-order chi connectivity index (χ1) is 12.4. The fourth-order valence-electron chi connectivity index (χ4n) is 2.49. The molecule has 26 heavy (non-hydrogen) atoms. The van der Waals surface area contributed by atoms with Gasteiger partial charge in [-0.15, -0.1) is 0 Å². The van der Waals surface area contributed by atoms with Gasteiger partial charge in [-0.2, -0.15) is 24.5 Å². The van der Waals surface area contributed by atoms with Crippen LogP contribution in [0.3, 0.4) is 0 Å². The first-order valence-electron chi connectivity index (χ1n) is 7.83. The second kappa shape index (κ2) is 7.70. The standard InChI is InChI=1S/C19H15F3N2OS/c20-19(21,22)16-5-3-13(4-6-16)10-17(25)24-11-14-2-1-8-23-18(14)15-7-9-26-12-15/h1-9,12H,10-11H2,(H,24,25). The minimum atomic E-state index is -4.38. The molecule has 3 rings (SSSR count). The second-order valence-electron chi connectivity index (χ2n) is 5.67. The Balaban J connectivity index is 1.62. The Morgan fingerprint density at radius 3 is 2.54 bits per heavy atom. The molecule has 1 amide bonds. The zero-order valence-electron chi connectivity index (χ0n) is 13.6. The van der Waals surface area contributed by atoms with Gasteiger partial charge < -0.3 is 5.32 Å². The van der Waals surface area contributed by atoms with E-state index in [4.69, 9.17) is 0 Å². The summed E-state index contributed by atoms with van der Waals surface area (Å²) < 4.78 is 37.7. The van der Waals surface area contributed by atoms with Crippen molar-refractivity contribution < 1.29 is 18.0 Å². The van der Waals surface area contributed by atoms with Gasteiger partial charge >= 0.3 is 6.18 Å². The van der Waals surface area contributed by atoms with Gasteiger partial charge in [0.25, 0.3) is 0 Å². The topological polar surface area (TPSA) is 42.0 Å². The highest BCUT2D eigenvalue weighted by Gasteiger charge is 2.29. The second-order valence-corrected chi connectivity index (χ2v) is 6.45. The maximum absolute atomic E-state index is 12.6. The lowest BCUT2D eigenvalue weighted by atomic mass is 10.1. The van der Waals surface area contributed by atoms with Gasteiger partial charge in [0.1, 0.15) is 0 Å². The Kier molecular flexibility index (Phi) is 5.37. The lowest BCUT2D eigenvalue weighted by molar-refractivity contribution is -0.137. The lowest BCUT2D eigenvalue weighted by Gasteiger charge is -2.10. The number of pyridine rings is 1. The van der Waals surface area contributed by atoms with Crippen LogP contribution in [0.5, 0.6) is 0 Å². The van der Waals surface area contributed by atoms with Crippen molar-refractivity contribution in [3.8, 4) is 11.3 Å². The zero-order valence-corrected chi connectivity index (χ0v) is 14.4. The highest BCUT2D eigenvalue weighted by atomic mass is 32.1. The molecular weight excluding hydrogens is 361 g/mol. The quantitative estimate of drug-likeness (QED) is 0.702. The molecule has 0 unspecified atom stereocenters. The number of rotatable bonds is 5. The first kappa shape index (κ1) is 18.1. The van der Waals surface area contributed by atoms with Gasteiger partial charge in [-0.25, -0.2) is 0 Å². The smallest absolute Gasteiger partial charge is 0.352 e. The highest BCUT2D eigenvalue weighted by Crippen LogP contribution is 2.29. The van der Waals surface area contributed by atoms with Crippen molar-refractivity contribution in [3.05, 3.63) is 76.1 Å². The lowest BCUT2D eigenvalue weighted by Crippen LogP contribution is -2.25. The summed E-state index contributed by atoms with van der Waals surface area (Å²) in [5.74, 6) is -0.259. The Bertz CT molecular complexity index is 875. The van der Waals surface area contributed by atoms with Gasteiger partial charge in [-0.05, 0) is 40.8 Å². The minimum Gasteiger partial charge on any atom is -0.352 e. The summed E-state index contributed by atoms with van der Waals surface area (Å²) in [5.41, 5.74) is 2.48. The Labute approximate surface area is 152 Å². The number of nitrogens with one attached hydrogen (secondary N) is 1. The van der Waals surface area contributed by atoms with Crippen molar-refractivity contribution >= 4 is 17.2 Å². The Morgan fingerprint density at radius 2 is 1.88 bits per heavy atom. The van der Waals surface area contributed by atoms with Crippen molar-refractivity contribution in [1.29, 1.82) is 0 Å². The van der Waals surface area contributed by atoms with Crippen LogP contribution in [0.4, 0.5) is 13.2 Å². The third-order valence-electron chi connectivity index (χ3n) is 3.81. The number of amides is 1. The maximum Gasteiger partial charge on any atom is 0.416 e. The van der Waals surface area contributed by atoms with Crippen LogP contribution in [-0.2, 0) is 23.9 Å². The summed E-state index contributed by atoms with van der Waals surface area (Å²) >= 11 is 1.56. The molecule has 1 aromatic carbocycles. The third-order valence-corrected chi connectivity index (χ3v) is 4.49. The minimum absolute atomic E-state index is 0.0200. The molecule has 0 aliphatic heterocycles. The van der Waals surface area contributed by atoms with E-state index in [-0.39, 0.29) is 12.3 Å². The molecule has 134 valence electrons. The number of halogens is 3. The number of hydrogen-bond donors (Lipinski definition) is 1. The van der Waals surface area contributed by atoms with E-state index >= 15 is 0 Å². The molecule has 1 N–H and O–H groups in total. The number of carbonyl (C=O) groups is 1. The van der Waals surface area contributed by atoms with Crippen LogP contribution in [0.2, 0.25) is 0 Å². The number of benzene rings is 1. The molecule has 0 saturated carbocycles. The van der Waals surface area contributed by atoms with Crippen molar-refractivity contribution in [2.24, 2.45) is 0 Å². The van der Waals surface area contributed by atoms with Crippen LogP contribution >= 0.6 is 11.3 Å². The largest absolute Gasteiger partial charge is 0.416 e. The number of nitrogens with zero attached hydrogens (tertiary/aromatic N) is 1. The van der Waals surface area contributed by atoms with Gasteiger partial charge in [-0.3, -0.25) is 9.78 Å². The molecule has 0 bridgehead atoms. The van der Waals surface area contributed by atoms with E-state index in [0.29, 0.717) is 12.1 Å². The van der Waals surface area contributed by atoms with E-state index in [1.807, 2.05) is 22.9 Å². The molecular formula is C19H15F3N2OS. The maximum atomic E-state index is 12.6. The predicted molar refractivity (Wildman–Crippen MR) is 94.5 cm³/mol. The van der Waals surface area contributed by atoms with Gasteiger partial charge in [0, 0.05) is 23.7 Å². The molecule has 0 fully saturated rings. The highest BCUT2D eigenvalue weighted by molar-refractivity contribution is 7.08. The van der Waals surface area contributed by atoms with Gasteiger partial charge in [0.05, 0.1) is 17.7 Å². The monoisotopic (exact) mass is 376 g/mol. The van der Waals surface area contributed by atoms with Crippen molar-refractivity contribution in [3.63, 3.8) is 0 Å². The number of carbonyl (C=O) groups excluding carboxylic acids is 1. The molecule has 2 heterocycles. The SMILES string of the molecule is O=C(Cc1ccc(C(F)(F)F)cc1)NCc1cccnc1-c1ccsc1. The molecule has 0 atom stereocenters. The number of aromatic nitrogens is 1. The summed E-state index contributed by atoms with van der Waals surface area (Å²) in [5, 5.41) is 6.73. The molecule has 7 heteroatoms. The van der Waals surface area contributed by atoms with Crippen molar-refractivity contribution in [2.75, 3.05) is 0 Å². The van der Waals surface area contributed by atoms with Crippen molar-refractivity contribution in [1.82, 2.24) is 10.3 Å². The summed E-state index contributed by atoms with van der Waals surface area (Å²) in [4.78, 5) is 16.5. The summed E-state index contributed by atoms with van der Waals surface area (Å²) in [6.45, 7) is 0.304. The molecule has 3 nitrogen and oxygen atoms in total. The molecule has 2 aromatic heterocycles. The van der Waals surface area contributed by atoms with Crippen LogP contribution in [0.25, 0.3) is 11.3 Å². The molecule has 0 radical (unpaired) electrons. The van der Waals surface area contributed by atoms with Crippen LogP contribution in [0, 0.1) is 0 Å². The first-order valence-corrected chi connectivity index (χ1v) is 8.77. The van der Waals surface area contributed by atoms with E-state index in [2.05, 4.69) is 10.3 Å². The molecule has 0 saturated heterocycles. The molecule has 0 aliphatic carbocycles. The van der Waals surface area contributed by atoms with Crippen molar-refractivity contribution in [2.45, 2.75) is 19.1 Å². The molecule has 0 aliphatic rings. The number of hydrogen-bond acceptors (Lipinski definition) is 3. The Morgan fingerprint density at radius 1 is 1.12 bits per heavy atom. The Hall–Kier alpha value is -2.67. The van der Waals surface area contributed by atoms with E-state index in [9.17, 15) is 18.0 Å². The molecule has 3 aromatic rings. The van der Waals surface area contributed by atoms with Crippen LogP contribution in [-0.4, -0.2) is 10.9 Å². The zero-order chi connectivity index (χ0) is 18.6. The predicted octanol–water partition coefficient (Wildman–Crippen LogP) is 4.69. The van der Waals surface area contributed by atoms with Gasteiger partial charge in [-0.1, -0.05) is 18.2 Å². The van der Waals surface area contributed by atoms with E-state index in [0.717, 1.165) is 29.0 Å². The summed E-state index contributed by atoms with van der Waals surface area (Å²) in [7, 11) is 0. The van der Waals surface area contributed by atoms with Gasteiger partial charge in [0.2, 0.25) is 5.91 Å². The summed E-state index contributed by atoms with van der Waals surface area (Å²) in [6.07, 6.45) is -2.66. The average Bonchev–Trinajstić information content (AvgIpc) is 3.14. The fourth-order valence-corrected chi connectivity index (χ4v) is 3.13. The van der Waals surface area contributed by atoms with Crippen LogP contribution < -0.4 is 5.32 Å². The summed E-state index contributed by atoms with van der Waals surface area (Å²) in [6, 6.07) is 10.3. The van der Waals surface area contributed by atoms with E-state index < -0.39 is 11.7 Å². The van der Waals surface area contributed by atoms with E-state index in [1.165, 1.54) is 12.1 Å². The molecule has 0 spiro atoms. The van der Waals surface area contributed by atoms with Crippen LogP contribution in [0.15, 0.2) is 59.4 Å². The number of alkyl halides is 3. The normalized spacial score (nSPS) is 11.3. The van der Waals surface area contributed by atoms with Gasteiger partial charge in [0.15, 0.2) is 0 Å². The van der Waals surface area contributed by atoms with E-state index in [1.54, 1.807) is 23.6 Å². The third kappa shape index (κ3) is 4.49. The number of thiophene rings is 1. The fraction of sp³-hybridized carbons (Fsp3) is 0.158.